The highest BCUT2D eigenvalue weighted by Crippen LogP contribution is 2.34. The molecule has 14 heteroatoms. The SMILES string of the molecule is CN1CCOCC1.C[C@@H](CN=CN)Oc1cc(-c2cnc(Nc3cn(C4CCCCC4)nc3OCc3ccnn3C)nc2)ccc1Cl. The summed E-state index contributed by atoms with van der Waals surface area (Å²) in [4.78, 5) is 15.4. The van der Waals surface area contributed by atoms with Crippen LogP contribution in [-0.2, 0) is 18.4 Å². The molecule has 1 aliphatic heterocycles. The Balaban J connectivity index is 0.000000549. The van der Waals surface area contributed by atoms with Crippen LogP contribution in [0.15, 0.2) is 54.0 Å². The van der Waals surface area contributed by atoms with E-state index in [2.05, 4.69) is 37.3 Å². The van der Waals surface area contributed by atoms with Gasteiger partial charge in [0.05, 0.1) is 49.1 Å². The molecule has 4 heterocycles. The molecule has 3 N–H and O–H groups in total. The third kappa shape index (κ3) is 9.90. The summed E-state index contributed by atoms with van der Waals surface area (Å²) in [6, 6.07) is 7.85. The number of nitrogens with two attached hydrogens (primary N) is 1. The molecule has 1 saturated heterocycles. The highest BCUT2D eigenvalue weighted by molar-refractivity contribution is 6.32. The number of nitrogens with zero attached hydrogens (tertiary/aromatic N) is 8. The van der Waals surface area contributed by atoms with Gasteiger partial charge in [-0.25, -0.2) is 9.97 Å². The number of hydrogen-bond acceptors (Lipinski definition) is 10. The van der Waals surface area contributed by atoms with Crippen molar-refractivity contribution in [2.24, 2.45) is 17.8 Å². The first-order valence-corrected chi connectivity index (χ1v) is 16.5. The Labute approximate surface area is 281 Å². The minimum absolute atomic E-state index is 0.181. The average Bonchev–Trinajstić information content (AvgIpc) is 3.70. The minimum Gasteiger partial charge on any atom is -0.487 e. The Kier molecular flexibility index (Phi) is 12.4. The second-order valence-corrected chi connectivity index (χ2v) is 12.2. The van der Waals surface area contributed by atoms with Crippen molar-refractivity contribution < 1.29 is 14.2 Å². The van der Waals surface area contributed by atoms with E-state index in [1.165, 1.54) is 25.6 Å². The second kappa shape index (κ2) is 17.1. The van der Waals surface area contributed by atoms with E-state index in [0.717, 1.165) is 61.7 Å². The van der Waals surface area contributed by atoms with Crippen LogP contribution in [0.1, 0.15) is 50.8 Å². The van der Waals surface area contributed by atoms with Gasteiger partial charge < -0.3 is 30.2 Å². The van der Waals surface area contributed by atoms with Crippen molar-refractivity contribution in [1.29, 1.82) is 0 Å². The summed E-state index contributed by atoms with van der Waals surface area (Å²) in [5, 5.41) is 12.8. The Bertz CT molecular complexity index is 1560. The number of benzene rings is 1. The highest BCUT2D eigenvalue weighted by atomic mass is 35.5. The third-order valence-corrected chi connectivity index (χ3v) is 8.43. The molecular weight excluding hydrogens is 620 g/mol. The molecule has 0 amide bonds. The normalized spacial score (nSPS) is 16.4. The molecule has 2 aliphatic rings. The topological polar surface area (TPSA) is 143 Å². The van der Waals surface area contributed by atoms with Crippen LogP contribution in [-0.4, -0.2) is 86.8 Å². The molecule has 0 radical (unpaired) electrons. The van der Waals surface area contributed by atoms with Crippen LogP contribution in [0.5, 0.6) is 11.6 Å². The number of ether oxygens (including phenoxy) is 3. The Hall–Kier alpha value is -4.20. The zero-order valence-corrected chi connectivity index (χ0v) is 28.1. The number of aryl methyl sites for hydroxylation is 1. The number of nitrogens with one attached hydrogen (secondary N) is 1. The maximum atomic E-state index is 6.36. The first-order chi connectivity index (χ1) is 22.9. The number of halogens is 1. The zero-order valence-electron chi connectivity index (χ0n) is 27.4. The lowest BCUT2D eigenvalue weighted by atomic mass is 9.96. The van der Waals surface area contributed by atoms with Crippen molar-refractivity contribution in [3.05, 3.63) is 59.8 Å². The fourth-order valence-electron chi connectivity index (χ4n) is 5.34. The molecule has 1 aromatic carbocycles. The molecule has 47 heavy (non-hydrogen) atoms. The summed E-state index contributed by atoms with van der Waals surface area (Å²) in [5.74, 6) is 1.51. The maximum absolute atomic E-state index is 6.36. The predicted molar refractivity (Wildman–Crippen MR) is 184 cm³/mol. The van der Waals surface area contributed by atoms with Crippen LogP contribution in [0.2, 0.25) is 5.02 Å². The van der Waals surface area contributed by atoms with Gasteiger partial charge in [-0.1, -0.05) is 36.9 Å². The quantitative estimate of drug-likeness (QED) is 0.161. The van der Waals surface area contributed by atoms with Gasteiger partial charge in [-0.3, -0.25) is 14.4 Å². The minimum atomic E-state index is -0.181. The summed E-state index contributed by atoms with van der Waals surface area (Å²) in [6.07, 6.45) is 14.3. The van der Waals surface area contributed by atoms with Crippen molar-refractivity contribution in [2.45, 2.75) is 57.8 Å². The van der Waals surface area contributed by atoms with E-state index >= 15 is 0 Å². The average molecular weight is 665 g/mol. The fourth-order valence-corrected chi connectivity index (χ4v) is 5.50. The molecule has 0 bridgehead atoms. The van der Waals surface area contributed by atoms with E-state index < -0.39 is 0 Å². The number of aromatic nitrogens is 6. The van der Waals surface area contributed by atoms with Gasteiger partial charge >= 0.3 is 0 Å². The number of likely N-dealkylation sites (N-methyl/N-ethyl adjacent to an activating group) is 1. The lowest BCUT2D eigenvalue weighted by Crippen LogP contribution is -2.32. The molecule has 1 atom stereocenters. The Morgan fingerprint density at radius 1 is 1.11 bits per heavy atom. The summed E-state index contributed by atoms with van der Waals surface area (Å²) >= 11 is 6.36. The number of hydrogen-bond donors (Lipinski definition) is 2. The first kappa shape index (κ1) is 34.1. The number of aliphatic imine (C=N–C) groups is 1. The van der Waals surface area contributed by atoms with Gasteiger partial charge in [0.25, 0.3) is 5.88 Å². The highest BCUT2D eigenvalue weighted by Gasteiger charge is 2.21. The van der Waals surface area contributed by atoms with Crippen LogP contribution in [0.3, 0.4) is 0 Å². The number of morpholine rings is 1. The van der Waals surface area contributed by atoms with Gasteiger partial charge in [0.1, 0.15) is 24.1 Å². The number of anilines is 2. The van der Waals surface area contributed by atoms with E-state index in [1.54, 1.807) is 29.3 Å². The van der Waals surface area contributed by atoms with E-state index in [-0.39, 0.29) is 6.10 Å². The Morgan fingerprint density at radius 2 is 1.87 bits per heavy atom. The maximum Gasteiger partial charge on any atom is 0.257 e. The van der Waals surface area contributed by atoms with Crippen molar-refractivity contribution in [3.8, 4) is 22.8 Å². The van der Waals surface area contributed by atoms with E-state index in [1.807, 2.05) is 43.0 Å². The molecule has 0 spiro atoms. The molecule has 252 valence electrons. The molecule has 0 unspecified atom stereocenters. The standard InChI is InChI=1S/C28H34ClN9O2.C5H11NO/c1-19(13-31-18-30)40-26-12-20(8-9-24(26)29)21-14-32-28(33-15-21)35-25-16-38(22-6-4-3-5-7-22)36-27(25)39-17-23-10-11-34-37(23)2;1-6-2-4-7-5-3-6/h8-12,14-16,18-19,22H,3-7,13,17H2,1-2H3,(H2,30,31)(H,32,33,35);2-5H2,1H3/t19-;/m0./s1. The largest absolute Gasteiger partial charge is 0.487 e. The van der Waals surface area contributed by atoms with E-state index in [0.29, 0.717) is 41.8 Å². The van der Waals surface area contributed by atoms with Crippen LogP contribution in [0.25, 0.3) is 11.1 Å². The lowest BCUT2D eigenvalue weighted by Gasteiger charge is -2.21. The van der Waals surface area contributed by atoms with Crippen molar-refractivity contribution >= 4 is 29.6 Å². The summed E-state index contributed by atoms with van der Waals surface area (Å²) in [7, 11) is 4.00. The van der Waals surface area contributed by atoms with Crippen molar-refractivity contribution in [3.63, 3.8) is 0 Å². The van der Waals surface area contributed by atoms with Crippen LogP contribution in [0, 0.1) is 0 Å². The molecule has 1 saturated carbocycles. The molecule has 13 nitrogen and oxygen atoms in total. The summed E-state index contributed by atoms with van der Waals surface area (Å²) < 4.78 is 21.0. The van der Waals surface area contributed by atoms with Gasteiger partial charge in [-0.2, -0.15) is 5.10 Å². The zero-order chi connectivity index (χ0) is 33.0. The van der Waals surface area contributed by atoms with Crippen molar-refractivity contribution in [2.75, 3.05) is 45.2 Å². The van der Waals surface area contributed by atoms with Gasteiger partial charge in [-0.15, -0.1) is 5.10 Å². The van der Waals surface area contributed by atoms with Gasteiger partial charge in [0.15, 0.2) is 0 Å². The van der Waals surface area contributed by atoms with E-state index in [4.69, 9.17) is 36.6 Å². The Morgan fingerprint density at radius 3 is 2.53 bits per heavy atom. The van der Waals surface area contributed by atoms with E-state index in [9.17, 15) is 0 Å². The van der Waals surface area contributed by atoms with Gasteiger partial charge in [0, 0.05) is 44.3 Å². The molecule has 6 rings (SSSR count). The molecule has 3 aromatic heterocycles. The summed E-state index contributed by atoms with van der Waals surface area (Å²) in [6.45, 7) is 6.72. The molecule has 1 aliphatic carbocycles. The van der Waals surface area contributed by atoms with Gasteiger partial charge in [-0.05, 0) is 50.6 Å². The predicted octanol–water partition coefficient (Wildman–Crippen LogP) is 5.26. The third-order valence-electron chi connectivity index (χ3n) is 8.12. The fraction of sp³-hybridized carbons (Fsp3) is 0.485. The van der Waals surface area contributed by atoms with Crippen LogP contribution >= 0.6 is 11.6 Å². The number of rotatable bonds is 11. The van der Waals surface area contributed by atoms with Crippen molar-refractivity contribution in [1.82, 2.24) is 34.4 Å². The molecular formula is C33H45ClN10O3. The monoisotopic (exact) mass is 664 g/mol. The molecule has 4 aromatic rings. The molecule has 2 fully saturated rings. The first-order valence-electron chi connectivity index (χ1n) is 16.1. The van der Waals surface area contributed by atoms with Crippen LogP contribution < -0.4 is 20.5 Å². The van der Waals surface area contributed by atoms with Crippen LogP contribution in [0.4, 0.5) is 11.6 Å². The van der Waals surface area contributed by atoms with Gasteiger partial charge in [0.2, 0.25) is 5.95 Å². The lowest BCUT2D eigenvalue weighted by molar-refractivity contribution is 0.0503. The summed E-state index contributed by atoms with van der Waals surface area (Å²) in [5.41, 5.74) is 8.71. The second-order valence-electron chi connectivity index (χ2n) is 11.8. The smallest absolute Gasteiger partial charge is 0.257 e.